The van der Waals surface area contributed by atoms with Gasteiger partial charge in [-0.2, -0.15) is 0 Å². The Balaban J connectivity index is 2.66. The molecule has 0 radical (unpaired) electrons. The van der Waals surface area contributed by atoms with Crippen LogP contribution in [0.5, 0.6) is 0 Å². The second kappa shape index (κ2) is 8.36. The first kappa shape index (κ1) is 17.1. The Hall–Kier alpha value is -0.950. The van der Waals surface area contributed by atoms with Crippen LogP contribution < -0.4 is 10.5 Å². The molecule has 0 aromatic heterocycles. The molecule has 5 nitrogen and oxygen atoms in total. The van der Waals surface area contributed by atoms with Gasteiger partial charge in [0.05, 0.1) is 4.90 Å². The fourth-order valence-electron chi connectivity index (χ4n) is 2.09. The van der Waals surface area contributed by atoms with E-state index in [0.717, 1.165) is 19.5 Å². The lowest BCUT2D eigenvalue weighted by atomic mass is 10.2. The molecular formula is C14H25N3O2S. The van der Waals surface area contributed by atoms with E-state index >= 15 is 0 Å². The van der Waals surface area contributed by atoms with Crippen LogP contribution in [0.2, 0.25) is 0 Å². The van der Waals surface area contributed by atoms with Crippen molar-refractivity contribution in [3.63, 3.8) is 0 Å². The van der Waals surface area contributed by atoms with Gasteiger partial charge < -0.3 is 10.6 Å². The molecule has 0 saturated heterocycles. The van der Waals surface area contributed by atoms with Gasteiger partial charge in [-0.15, -0.1) is 0 Å². The van der Waals surface area contributed by atoms with Crippen LogP contribution in [0, 0.1) is 0 Å². The summed E-state index contributed by atoms with van der Waals surface area (Å²) < 4.78 is 27.2. The summed E-state index contributed by atoms with van der Waals surface area (Å²) in [4.78, 5) is 2.50. The normalized spacial score (nSPS) is 12.0. The fraction of sp³-hybridized carbons (Fsp3) is 0.571. The van der Waals surface area contributed by atoms with Crippen molar-refractivity contribution >= 4 is 10.0 Å². The number of nitrogens with zero attached hydrogens (tertiary/aromatic N) is 1. The van der Waals surface area contributed by atoms with Crippen LogP contribution in [0.4, 0.5) is 0 Å². The summed E-state index contributed by atoms with van der Waals surface area (Å²) in [5.74, 6) is 0. The maximum absolute atomic E-state index is 12.3. The zero-order valence-corrected chi connectivity index (χ0v) is 13.1. The Morgan fingerprint density at radius 1 is 1.20 bits per heavy atom. The summed E-state index contributed by atoms with van der Waals surface area (Å²) in [7, 11) is -3.48. The molecule has 0 aliphatic rings. The highest BCUT2D eigenvalue weighted by Gasteiger charge is 2.17. The molecule has 0 fully saturated rings. The van der Waals surface area contributed by atoms with E-state index in [4.69, 9.17) is 5.73 Å². The van der Waals surface area contributed by atoms with Gasteiger partial charge in [-0.25, -0.2) is 13.1 Å². The summed E-state index contributed by atoms with van der Waals surface area (Å²) in [6.45, 7) is 7.45. The maximum Gasteiger partial charge on any atom is 0.240 e. The van der Waals surface area contributed by atoms with Crippen molar-refractivity contribution in [2.75, 3.05) is 26.2 Å². The number of hydrogen-bond acceptors (Lipinski definition) is 4. The molecule has 0 atom stereocenters. The van der Waals surface area contributed by atoms with Gasteiger partial charge in [0.2, 0.25) is 10.0 Å². The molecule has 1 aromatic carbocycles. The fourth-order valence-corrected chi connectivity index (χ4v) is 3.36. The monoisotopic (exact) mass is 299 g/mol. The summed E-state index contributed by atoms with van der Waals surface area (Å²) in [5.41, 5.74) is 6.22. The molecule has 1 aromatic rings. The molecule has 1 rings (SSSR count). The zero-order chi connectivity index (χ0) is 15.0. The Labute approximate surface area is 122 Å². The predicted molar refractivity (Wildman–Crippen MR) is 81.9 cm³/mol. The van der Waals surface area contributed by atoms with E-state index in [1.807, 2.05) is 0 Å². The number of rotatable bonds is 9. The van der Waals surface area contributed by atoms with Gasteiger partial charge in [0.15, 0.2) is 0 Å². The van der Waals surface area contributed by atoms with Crippen molar-refractivity contribution < 1.29 is 8.42 Å². The minimum Gasteiger partial charge on any atom is -0.326 e. The van der Waals surface area contributed by atoms with Gasteiger partial charge in [-0.05, 0) is 31.1 Å². The molecule has 0 aliphatic heterocycles. The van der Waals surface area contributed by atoms with Crippen molar-refractivity contribution in [2.45, 2.75) is 31.7 Å². The van der Waals surface area contributed by atoms with Gasteiger partial charge in [-0.3, -0.25) is 0 Å². The van der Waals surface area contributed by atoms with Crippen LogP contribution >= 0.6 is 0 Å². The topological polar surface area (TPSA) is 75.4 Å². The summed E-state index contributed by atoms with van der Waals surface area (Å²) in [6.07, 6.45) is 1.07. The van der Waals surface area contributed by atoms with Crippen molar-refractivity contribution in [3.05, 3.63) is 29.8 Å². The maximum atomic E-state index is 12.3. The number of hydrogen-bond donors (Lipinski definition) is 2. The van der Waals surface area contributed by atoms with Gasteiger partial charge in [-0.1, -0.05) is 32.0 Å². The van der Waals surface area contributed by atoms with E-state index in [2.05, 4.69) is 23.5 Å². The first-order valence-corrected chi connectivity index (χ1v) is 8.53. The average molecular weight is 299 g/mol. The lowest BCUT2D eigenvalue weighted by Gasteiger charge is -2.19. The summed E-state index contributed by atoms with van der Waals surface area (Å²) >= 11 is 0. The largest absolute Gasteiger partial charge is 0.326 e. The molecule has 0 spiro atoms. The standard InChI is InChI=1S/C14H25N3O2S/c1-3-10-17(4-2)11-9-16-20(18,19)14-8-6-5-7-13(14)12-15/h5-8,16H,3-4,9-12,15H2,1-2H3. The van der Waals surface area contributed by atoms with Crippen molar-refractivity contribution in [1.82, 2.24) is 9.62 Å². The van der Waals surface area contributed by atoms with Crippen molar-refractivity contribution in [2.24, 2.45) is 5.73 Å². The number of nitrogens with two attached hydrogens (primary N) is 1. The highest BCUT2D eigenvalue weighted by atomic mass is 32.2. The Bertz CT molecular complexity index is 503. The lowest BCUT2D eigenvalue weighted by molar-refractivity contribution is 0.293. The van der Waals surface area contributed by atoms with Crippen LogP contribution in [-0.4, -0.2) is 39.5 Å². The molecule has 0 saturated carbocycles. The third-order valence-corrected chi connectivity index (χ3v) is 4.75. The number of benzene rings is 1. The van der Waals surface area contributed by atoms with Crippen molar-refractivity contribution in [1.29, 1.82) is 0 Å². The molecule has 20 heavy (non-hydrogen) atoms. The van der Waals surface area contributed by atoms with Crippen molar-refractivity contribution in [3.8, 4) is 0 Å². The van der Waals surface area contributed by atoms with E-state index in [1.54, 1.807) is 24.3 Å². The summed E-state index contributed by atoms with van der Waals surface area (Å²) in [6, 6.07) is 6.84. The smallest absolute Gasteiger partial charge is 0.240 e. The lowest BCUT2D eigenvalue weighted by Crippen LogP contribution is -2.35. The van der Waals surface area contributed by atoms with Crippen LogP contribution in [0.1, 0.15) is 25.8 Å². The molecule has 0 aliphatic carbocycles. The second-order valence-electron chi connectivity index (χ2n) is 4.64. The predicted octanol–water partition coefficient (Wildman–Crippen LogP) is 1.16. The minimum absolute atomic E-state index is 0.216. The quantitative estimate of drug-likeness (QED) is 0.717. The highest BCUT2D eigenvalue weighted by Crippen LogP contribution is 2.14. The van der Waals surface area contributed by atoms with Gasteiger partial charge in [0, 0.05) is 19.6 Å². The Morgan fingerprint density at radius 3 is 2.50 bits per heavy atom. The second-order valence-corrected chi connectivity index (χ2v) is 6.38. The number of sulfonamides is 1. The molecular weight excluding hydrogens is 274 g/mol. The first-order valence-electron chi connectivity index (χ1n) is 7.05. The third kappa shape index (κ3) is 4.86. The van der Waals surface area contributed by atoms with Crippen LogP contribution in [0.3, 0.4) is 0 Å². The van der Waals surface area contributed by atoms with Gasteiger partial charge in [0.1, 0.15) is 0 Å². The molecule has 6 heteroatoms. The van der Waals surface area contributed by atoms with E-state index in [-0.39, 0.29) is 11.4 Å². The molecule has 0 amide bonds. The molecule has 0 bridgehead atoms. The van der Waals surface area contributed by atoms with E-state index < -0.39 is 10.0 Å². The molecule has 114 valence electrons. The Morgan fingerprint density at radius 2 is 1.90 bits per heavy atom. The molecule has 3 N–H and O–H groups in total. The van der Waals surface area contributed by atoms with Crippen LogP contribution in [-0.2, 0) is 16.6 Å². The highest BCUT2D eigenvalue weighted by molar-refractivity contribution is 7.89. The van der Waals surface area contributed by atoms with Gasteiger partial charge >= 0.3 is 0 Å². The summed E-state index contributed by atoms with van der Waals surface area (Å²) in [5, 5.41) is 0. The zero-order valence-electron chi connectivity index (χ0n) is 12.3. The molecule has 0 unspecified atom stereocenters. The average Bonchev–Trinajstić information content (AvgIpc) is 2.46. The van der Waals surface area contributed by atoms with E-state index in [0.29, 0.717) is 18.7 Å². The van der Waals surface area contributed by atoms with E-state index in [9.17, 15) is 8.42 Å². The van der Waals surface area contributed by atoms with E-state index in [1.165, 1.54) is 0 Å². The Kier molecular flexibility index (Phi) is 7.15. The first-order chi connectivity index (χ1) is 9.55. The van der Waals surface area contributed by atoms with Crippen LogP contribution in [0.15, 0.2) is 29.2 Å². The van der Waals surface area contributed by atoms with Gasteiger partial charge in [0.25, 0.3) is 0 Å². The molecule has 0 heterocycles. The number of likely N-dealkylation sites (N-methyl/N-ethyl adjacent to an activating group) is 1. The number of nitrogens with one attached hydrogen (secondary N) is 1. The SMILES string of the molecule is CCCN(CC)CCNS(=O)(=O)c1ccccc1CN. The minimum atomic E-state index is -3.48. The van der Waals surface area contributed by atoms with Crippen LogP contribution in [0.25, 0.3) is 0 Å². The third-order valence-electron chi connectivity index (χ3n) is 3.19.